The fraction of sp³-hybridized carbons (Fsp3) is 0.348. The number of benzene rings is 2. The third-order valence-corrected chi connectivity index (χ3v) is 6.13. The Morgan fingerprint density at radius 1 is 1.09 bits per heavy atom. The van der Waals surface area contributed by atoms with Crippen LogP contribution in [0.1, 0.15) is 61.0 Å². The quantitative estimate of drug-likeness (QED) is 0.412. The van der Waals surface area contributed by atoms with Crippen molar-refractivity contribution >= 4 is 33.4 Å². The molecule has 3 aromatic rings. The third kappa shape index (κ3) is 5.45. The Hall–Kier alpha value is -2.94. The van der Waals surface area contributed by atoms with Gasteiger partial charge >= 0.3 is 12.1 Å². The first kappa shape index (κ1) is 23.7. The third-order valence-electron chi connectivity index (χ3n) is 5.09. The number of amides is 1. The molecule has 1 unspecified atom stereocenters. The molecule has 3 rings (SSSR count). The average Bonchev–Trinajstić information content (AvgIpc) is 3.10. The number of aliphatic carboxylic acids is 1. The van der Waals surface area contributed by atoms with E-state index in [0.717, 1.165) is 53.5 Å². The van der Waals surface area contributed by atoms with Crippen LogP contribution in [0.5, 0.6) is 0 Å². The number of unbranched alkanes of at least 4 members (excludes halogenated alkanes) is 3. The number of halogens is 3. The SMILES string of the molecule is CCCCCCC(C(=O)O)n1/c(=N/C(=O)c2cccc(C(F)(F)F)c2)sc2ccccc21. The van der Waals surface area contributed by atoms with Crippen molar-refractivity contribution in [3.63, 3.8) is 0 Å². The molecule has 0 aliphatic carbocycles. The van der Waals surface area contributed by atoms with Gasteiger partial charge in [0.15, 0.2) is 4.80 Å². The number of rotatable bonds is 8. The number of carbonyl (C=O) groups excluding carboxylic acids is 1. The van der Waals surface area contributed by atoms with Crippen molar-refractivity contribution in [2.45, 2.75) is 51.2 Å². The van der Waals surface area contributed by atoms with Crippen molar-refractivity contribution in [2.24, 2.45) is 4.99 Å². The largest absolute Gasteiger partial charge is 0.480 e. The first-order chi connectivity index (χ1) is 15.2. The Labute approximate surface area is 186 Å². The van der Waals surface area contributed by atoms with E-state index >= 15 is 0 Å². The molecule has 2 aromatic carbocycles. The summed E-state index contributed by atoms with van der Waals surface area (Å²) in [6, 6.07) is 10.2. The Bertz CT molecular complexity index is 1180. The van der Waals surface area contributed by atoms with Crippen LogP contribution < -0.4 is 4.80 Å². The van der Waals surface area contributed by atoms with Crippen molar-refractivity contribution in [1.29, 1.82) is 0 Å². The number of fused-ring (bicyclic) bond motifs is 1. The number of carbonyl (C=O) groups is 2. The molecule has 9 heteroatoms. The number of hydrogen-bond donors (Lipinski definition) is 1. The predicted octanol–water partition coefficient (Wildman–Crippen LogP) is 6.06. The molecule has 0 radical (unpaired) electrons. The standard InChI is InChI=1S/C23H23F3N2O3S/c1-2-3-4-5-12-18(21(30)31)28-17-11-6-7-13-19(17)32-22(28)27-20(29)15-9-8-10-16(14-15)23(24,25)26/h6-11,13-14,18H,2-5,12H2,1H3,(H,30,31)/b27-22-. The highest BCUT2D eigenvalue weighted by Gasteiger charge is 2.31. The second-order valence-corrected chi connectivity index (χ2v) is 8.43. The Balaban J connectivity index is 2.07. The fourth-order valence-corrected chi connectivity index (χ4v) is 4.55. The van der Waals surface area contributed by atoms with Crippen LogP contribution in [0.25, 0.3) is 10.2 Å². The maximum Gasteiger partial charge on any atom is 0.416 e. The molecule has 1 amide bonds. The van der Waals surface area contributed by atoms with E-state index in [9.17, 15) is 27.9 Å². The van der Waals surface area contributed by atoms with Crippen LogP contribution in [0.2, 0.25) is 0 Å². The van der Waals surface area contributed by atoms with Crippen LogP contribution in [-0.2, 0) is 11.0 Å². The zero-order chi connectivity index (χ0) is 23.3. The lowest BCUT2D eigenvalue weighted by Gasteiger charge is -2.15. The number of nitrogens with zero attached hydrogens (tertiary/aromatic N) is 2. The molecule has 1 atom stereocenters. The molecule has 32 heavy (non-hydrogen) atoms. The highest BCUT2D eigenvalue weighted by molar-refractivity contribution is 7.16. The van der Waals surface area contributed by atoms with Gasteiger partial charge in [-0.1, -0.05) is 62.1 Å². The van der Waals surface area contributed by atoms with Crippen molar-refractivity contribution in [3.8, 4) is 0 Å². The number of alkyl halides is 3. The summed E-state index contributed by atoms with van der Waals surface area (Å²) in [4.78, 5) is 29.0. The number of hydrogen-bond acceptors (Lipinski definition) is 3. The number of carboxylic acids is 1. The van der Waals surface area contributed by atoms with Gasteiger partial charge in [-0.05, 0) is 36.8 Å². The minimum Gasteiger partial charge on any atom is -0.480 e. The molecule has 0 saturated carbocycles. The summed E-state index contributed by atoms with van der Waals surface area (Å²) < 4.78 is 41.3. The van der Waals surface area contributed by atoms with E-state index in [1.165, 1.54) is 10.6 Å². The van der Waals surface area contributed by atoms with Gasteiger partial charge in [0.1, 0.15) is 6.04 Å². The number of aromatic nitrogens is 1. The van der Waals surface area contributed by atoms with E-state index in [0.29, 0.717) is 18.4 Å². The van der Waals surface area contributed by atoms with Gasteiger partial charge in [0.25, 0.3) is 5.91 Å². The van der Waals surface area contributed by atoms with Crippen LogP contribution in [0.4, 0.5) is 13.2 Å². The zero-order valence-electron chi connectivity index (χ0n) is 17.4. The van der Waals surface area contributed by atoms with Gasteiger partial charge in [0.2, 0.25) is 0 Å². The van der Waals surface area contributed by atoms with E-state index in [2.05, 4.69) is 11.9 Å². The van der Waals surface area contributed by atoms with Crippen molar-refractivity contribution in [2.75, 3.05) is 0 Å². The molecule has 5 nitrogen and oxygen atoms in total. The van der Waals surface area contributed by atoms with E-state index in [-0.39, 0.29) is 10.4 Å². The van der Waals surface area contributed by atoms with E-state index in [4.69, 9.17) is 0 Å². The van der Waals surface area contributed by atoms with Gasteiger partial charge in [0, 0.05) is 5.56 Å². The molecular weight excluding hydrogens is 441 g/mol. The van der Waals surface area contributed by atoms with Crippen LogP contribution in [0.15, 0.2) is 53.5 Å². The van der Waals surface area contributed by atoms with Crippen molar-refractivity contribution in [3.05, 3.63) is 64.5 Å². The Morgan fingerprint density at radius 2 is 1.84 bits per heavy atom. The lowest BCUT2D eigenvalue weighted by atomic mass is 10.1. The number of thiazole rings is 1. The second kappa shape index (κ2) is 10.1. The maximum atomic E-state index is 13.0. The van der Waals surface area contributed by atoms with Gasteiger partial charge in [-0.3, -0.25) is 4.79 Å². The molecule has 1 heterocycles. The molecule has 0 fully saturated rings. The summed E-state index contributed by atoms with van der Waals surface area (Å²) in [7, 11) is 0. The summed E-state index contributed by atoms with van der Waals surface area (Å²) >= 11 is 1.14. The summed E-state index contributed by atoms with van der Waals surface area (Å²) in [6.45, 7) is 2.06. The molecule has 170 valence electrons. The molecular formula is C23H23F3N2O3S. The molecule has 0 aliphatic rings. The molecule has 0 aliphatic heterocycles. The summed E-state index contributed by atoms with van der Waals surface area (Å²) in [5.41, 5.74) is -0.531. The highest BCUT2D eigenvalue weighted by atomic mass is 32.1. The molecule has 1 N–H and O–H groups in total. The topological polar surface area (TPSA) is 71.7 Å². The van der Waals surface area contributed by atoms with Crippen LogP contribution >= 0.6 is 11.3 Å². The molecule has 0 bridgehead atoms. The summed E-state index contributed by atoms with van der Waals surface area (Å²) in [5.74, 6) is -1.90. The first-order valence-electron chi connectivity index (χ1n) is 10.3. The van der Waals surface area contributed by atoms with Crippen molar-refractivity contribution in [1.82, 2.24) is 4.57 Å². The normalized spacial score (nSPS) is 13.4. The lowest BCUT2D eigenvalue weighted by molar-refractivity contribution is -0.141. The summed E-state index contributed by atoms with van der Waals surface area (Å²) in [5, 5.41) is 9.89. The van der Waals surface area contributed by atoms with Gasteiger partial charge in [-0.25, -0.2) is 4.79 Å². The highest BCUT2D eigenvalue weighted by Crippen LogP contribution is 2.30. The van der Waals surface area contributed by atoms with Gasteiger partial charge in [0.05, 0.1) is 15.8 Å². The zero-order valence-corrected chi connectivity index (χ0v) is 18.2. The van der Waals surface area contributed by atoms with Crippen LogP contribution in [0, 0.1) is 0 Å². The Morgan fingerprint density at radius 3 is 2.53 bits per heavy atom. The van der Waals surface area contributed by atoms with E-state index in [1.54, 1.807) is 24.3 Å². The first-order valence-corrected chi connectivity index (χ1v) is 11.1. The second-order valence-electron chi connectivity index (χ2n) is 7.42. The van der Waals surface area contributed by atoms with Crippen molar-refractivity contribution < 1.29 is 27.9 Å². The van der Waals surface area contributed by atoms with Crippen LogP contribution in [-0.4, -0.2) is 21.6 Å². The lowest BCUT2D eigenvalue weighted by Crippen LogP contribution is -2.28. The maximum absolute atomic E-state index is 13.0. The predicted molar refractivity (Wildman–Crippen MR) is 117 cm³/mol. The van der Waals surface area contributed by atoms with E-state index < -0.39 is 29.7 Å². The minimum absolute atomic E-state index is 0.150. The molecule has 0 spiro atoms. The molecule has 1 aromatic heterocycles. The molecule has 0 saturated heterocycles. The number of para-hydroxylation sites is 1. The minimum atomic E-state index is -4.58. The van der Waals surface area contributed by atoms with Gasteiger partial charge in [-0.15, -0.1) is 0 Å². The van der Waals surface area contributed by atoms with E-state index in [1.807, 2.05) is 0 Å². The smallest absolute Gasteiger partial charge is 0.416 e. The van der Waals surface area contributed by atoms with Crippen LogP contribution in [0.3, 0.4) is 0 Å². The monoisotopic (exact) mass is 464 g/mol. The fourth-order valence-electron chi connectivity index (χ4n) is 3.48. The Kier molecular flexibility index (Phi) is 7.50. The average molecular weight is 465 g/mol. The van der Waals surface area contributed by atoms with Gasteiger partial charge < -0.3 is 9.67 Å². The summed E-state index contributed by atoms with van der Waals surface area (Å²) in [6.07, 6.45) is -0.631. The number of carboxylic acid groups (broad SMARTS) is 1. The van der Waals surface area contributed by atoms with Gasteiger partial charge in [-0.2, -0.15) is 18.2 Å².